The smallest absolute Gasteiger partial charge is 0.160 e. The molecule has 5 aromatic carbocycles. The van der Waals surface area contributed by atoms with Crippen molar-refractivity contribution in [3.05, 3.63) is 192 Å². The minimum Gasteiger partial charge on any atom is -0.310 e. The Bertz CT molecular complexity index is 2540. The monoisotopic (exact) mass is 655 g/mol. The molecule has 51 heavy (non-hydrogen) atoms. The molecule has 0 atom stereocenters. The first kappa shape index (κ1) is 30.7. The first-order valence-corrected chi connectivity index (χ1v) is 17.8. The number of nitrogens with zero attached hydrogens (tertiary/aromatic N) is 3. The number of aromatic nitrogens is 3. The fourth-order valence-electron chi connectivity index (χ4n) is 7.65. The first-order valence-electron chi connectivity index (χ1n) is 17.8. The lowest BCUT2D eigenvalue weighted by molar-refractivity contribution is 1.09. The molecule has 0 unspecified atom stereocenters. The van der Waals surface area contributed by atoms with Crippen LogP contribution in [0.4, 0.5) is 0 Å². The lowest BCUT2D eigenvalue weighted by Gasteiger charge is -2.20. The minimum absolute atomic E-state index is 0.736. The van der Waals surface area contributed by atoms with Crippen LogP contribution in [0, 0.1) is 6.92 Å². The second-order valence-corrected chi connectivity index (χ2v) is 13.3. The van der Waals surface area contributed by atoms with E-state index in [9.17, 15) is 0 Å². The van der Waals surface area contributed by atoms with Gasteiger partial charge in [0, 0.05) is 27.8 Å². The maximum absolute atomic E-state index is 5.23. The Morgan fingerprint density at radius 2 is 1.18 bits per heavy atom. The molecule has 0 amide bonds. The van der Waals surface area contributed by atoms with Crippen molar-refractivity contribution in [2.75, 3.05) is 0 Å². The highest BCUT2D eigenvalue weighted by Gasteiger charge is 2.20. The molecule has 0 spiro atoms. The molecule has 0 saturated carbocycles. The van der Waals surface area contributed by atoms with Gasteiger partial charge in [0.05, 0.1) is 22.6 Å². The summed E-state index contributed by atoms with van der Waals surface area (Å²) in [6.07, 6.45) is 20.3. The zero-order chi connectivity index (χ0) is 34.1. The van der Waals surface area contributed by atoms with Gasteiger partial charge in [-0.3, -0.25) is 0 Å². The number of fused-ring (bicyclic) bond motifs is 4. The SMILES string of the molecule is Cc1cccc(-c2cc(-c3ccc(-c4ccc(-n5c6c(c7ccccc75)CC=CC=C6)cc4)c4c3C/C=C\C=C/C4)nc(-c3ccccc3)n2)c1. The number of allylic oxidation sites excluding steroid dienone is 7. The number of benzene rings is 5. The van der Waals surface area contributed by atoms with Crippen LogP contribution in [0.15, 0.2) is 164 Å². The molecular weight excluding hydrogens is 619 g/mol. The quantitative estimate of drug-likeness (QED) is 0.185. The van der Waals surface area contributed by atoms with Crippen molar-refractivity contribution in [1.29, 1.82) is 0 Å². The average Bonchev–Trinajstić information content (AvgIpc) is 3.28. The van der Waals surface area contributed by atoms with Gasteiger partial charge in [-0.2, -0.15) is 0 Å². The Hall–Kier alpha value is -6.32. The molecule has 0 N–H and O–H groups in total. The molecule has 0 saturated heterocycles. The number of aryl methyl sites for hydroxylation is 1. The molecule has 3 heteroatoms. The van der Waals surface area contributed by atoms with Gasteiger partial charge >= 0.3 is 0 Å². The molecule has 244 valence electrons. The van der Waals surface area contributed by atoms with Gasteiger partial charge in [0.2, 0.25) is 0 Å². The summed E-state index contributed by atoms with van der Waals surface area (Å²) >= 11 is 0. The standard InChI is InChI=1S/C48H37N3/c1-33-15-14-18-36(31-33)44-32-45(50-48(49-44)35-16-6-4-7-17-35)41-30-29-38(39-19-8-2-3-9-20-40(39)41)34-25-27-37(28-26-34)51-46-23-11-5-10-21-42(46)43-22-12-13-24-47(43)51/h2-18,22-32H,19-21H2,1H3/b8-2-,9-3-. The van der Waals surface area contributed by atoms with Crippen molar-refractivity contribution >= 4 is 17.0 Å². The third-order valence-electron chi connectivity index (χ3n) is 10.1. The van der Waals surface area contributed by atoms with Crippen molar-refractivity contribution in [3.8, 4) is 50.7 Å². The summed E-state index contributed by atoms with van der Waals surface area (Å²) in [5.74, 6) is 0.736. The van der Waals surface area contributed by atoms with Crippen LogP contribution in [-0.4, -0.2) is 14.5 Å². The van der Waals surface area contributed by atoms with E-state index in [0.717, 1.165) is 53.2 Å². The Balaban J connectivity index is 1.18. The third-order valence-corrected chi connectivity index (χ3v) is 10.1. The summed E-state index contributed by atoms with van der Waals surface area (Å²) in [5, 5.41) is 1.32. The van der Waals surface area contributed by atoms with Crippen molar-refractivity contribution in [2.45, 2.75) is 26.2 Å². The molecule has 0 radical (unpaired) electrons. The fourth-order valence-corrected chi connectivity index (χ4v) is 7.65. The Kier molecular flexibility index (Phi) is 7.94. The Morgan fingerprint density at radius 3 is 1.98 bits per heavy atom. The van der Waals surface area contributed by atoms with Crippen LogP contribution in [0.3, 0.4) is 0 Å². The number of hydrogen-bond acceptors (Lipinski definition) is 2. The molecule has 0 bridgehead atoms. The van der Waals surface area contributed by atoms with Crippen LogP contribution in [-0.2, 0) is 19.3 Å². The normalized spacial score (nSPS) is 14.7. The summed E-state index contributed by atoms with van der Waals surface area (Å²) in [7, 11) is 0. The number of hydrogen-bond donors (Lipinski definition) is 0. The van der Waals surface area contributed by atoms with E-state index >= 15 is 0 Å². The molecule has 2 aromatic heterocycles. The van der Waals surface area contributed by atoms with Crippen molar-refractivity contribution in [1.82, 2.24) is 14.5 Å². The molecular formula is C48H37N3. The van der Waals surface area contributed by atoms with Gasteiger partial charge in [-0.15, -0.1) is 0 Å². The van der Waals surface area contributed by atoms with Gasteiger partial charge in [0.1, 0.15) is 0 Å². The van der Waals surface area contributed by atoms with Crippen molar-refractivity contribution < 1.29 is 0 Å². The van der Waals surface area contributed by atoms with Gasteiger partial charge in [0.25, 0.3) is 0 Å². The predicted molar refractivity (Wildman–Crippen MR) is 213 cm³/mol. The van der Waals surface area contributed by atoms with E-state index in [1.807, 2.05) is 18.2 Å². The zero-order valence-corrected chi connectivity index (χ0v) is 28.6. The van der Waals surface area contributed by atoms with Crippen LogP contribution in [0.1, 0.15) is 27.9 Å². The topological polar surface area (TPSA) is 30.7 Å². The van der Waals surface area contributed by atoms with E-state index in [2.05, 4.69) is 163 Å². The number of para-hydroxylation sites is 1. The van der Waals surface area contributed by atoms with Crippen LogP contribution in [0.25, 0.3) is 67.7 Å². The molecule has 7 aromatic rings. The lowest BCUT2D eigenvalue weighted by atomic mass is 9.86. The van der Waals surface area contributed by atoms with Crippen LogP contribution < -0.4 is 0 Å². The highest BCUT2D eigenvalue weighted by Crippen LogP contribution is 2.38. The lowest BCUT2D eigenvalue weighted by Crippen LogP contribution is -2.03. The van der Waals surface area contributed by atoms with Crippen molar-refractivity contribution in [2.24, 2.45) is 0 Å². The Morgan fingerprint density at radius 1 is 0.510 bits per heavy atom. The van der Waals surface area contributed by atoms with Crippen LogP contribution in [0.2, 0.25) is 0 Å². The summed E-state index contributed by atoms with van der Waals surface area (Å²) < 4.78 is 2.41. The highest BCUT2D eigenvalue weighted by molar-refractivity contribution is 5.91. The van der Waals surface area contributed by atoms with E-state index in [0.29, 0.717) is 0 Å². The zero-order valence-electron chi connectivity index (χ0n) is 28.6. The predicted octanol–water partition coefficient (Wildman–Crippen LogP) is 11.7. The summed E-state index contributed by atoms with van der Waals surface area (Å²) in [5.41, 5.74) is 16.5. The molecule has 9 rings (SSSR count). The molecule has 0 aliphatic heterocycles. The van der Waals surface area contributed by atoms with Gasteiger partial charge < -0.3 is 4.57 Å². The Labute approximate surface area is 299 Å². The van der Waals surface area contributed by atoms with E-state index in [1.165, 1.54) is 55.7 Å². The van der Waals surface area contributed by atoms with Gasteiger partial charge in [0.15, 0.2) is 5.82 Å². The average molecular weight is 656 g/mol. The second-order valence-electron chi connectivity index (χ2n) is 13.3. The van der Waals surface area contributed by atoms with Gasteiger partial charge in [-0.25, -0.2) is 9.97 Å². The second kappa shape index (κ2) is 13.2. The molecule has 3 nitrogen and oxygen atoms in total. The van der Waals surface area contributed by atoms with Crippen LogP contribution >= 0.6 is 0 Å². The number of rotatable bonds is 5. The van der Waals surface area contributed by atoms with E-state index in [-0.39, 0.29) is 0 Å². The minimum atomic E-state index is 0.736. The molecule has 2 heterocycles. The van der Waals surface area contributed by atoms with E-state index in [4.69, 9.17) is 9.97 Å². The summed E-state index contributed by atoms with van der Waals surface area (Å²) in [6.45, 7) is 2.13. The van der Waals surface area contributed by atoms with Crippen molar-refractivity contribution in [3.63, 3.8) is 0 Å². The van der Waals surface area contributed by atoms with Crippen LogP contribution in [0.5, 0.6) is 0 Å². The summed E-state index contributed by atoms with van der Waals surface area (Å²) in [6, 6.07) is 43.5. The largest absolute Gasteiger partial charge is 0.310 e. The summed E-state index contributed by atoms with van der Waals surface area (Å²) in [4.78, 5) is 10.3. The molecule has 2 aliphatic carbocycles. The maximum Gasteiger partial charge on any atom is 0.160 e. The fraction of sp³-hybridized carbons (Fsp3) is 0.0833. The third kappa shape index (κ3) is 5.77. The van der Waals surface area contributed by atoms with E-state index < -0.39 is 0 Å². The molecule has 2 aliphatic rings. The van der Waals surface area contributed by atoms with E-state index in [1.54, 1.807) is 0 Å². The first-order chi connectivity index (χ1) is 25.2. The highest BCUT2D eigenvalue weighted by atomic mass is 15.0. The molecule has 0 fully saturated rings. The van der Waals surface area contributed by atoms with Gasteiger partial charge in [-0.1, -0.05) is 139 Å². The van der Waals surface area contributed by atoms with Gasteiger partial charge in [-0.05, 0) is 90.4 Å². The maximum atomic E-state index is 5.23.